The minimum absolute atomic E-state index is 0.154. The first-order valence-electron chi connectivity index (χ1n) is 10.3. The van der Waals surface area contributed by atoms with Crippen LogP contribution in [0.15, 0.2) is 55.9 Å². The molecule has 13 heteroatoms. The van der Waals surface area contributed by atoms with Crippen molar-refractivity contribution in [3.63, 3.8) is 0 Å². The number of aromatic amines is 2. The minimum atomic E-state index is -0.949. The summed E-state index contributed by atoms with van der Waals surface area (Å²) in [7, 11) is 0. The third kappa shape index (κ3) is 5.00. The molecule has 4 rings (SSSR count). The molecule has 180 valence electrons. The van der Waals surface area contributed by atoms with Crippen molar-refractivity contribution in [2.45, 2.75) is 38.5 Å². The fraction of sp³-hybridized carbons (Fsp3) is 0.381. The molecule has 4 atom stereocenters. The van der Waals surface area contributed by atoms with Crippen LogP contribution >= 0.6 is 0 Å². The maximum atomic E-state index is 12.0. The summed E-state index contributed by atoms with van der Waals surface area (Å²) < 4.78 is 23.8. The Bertz CT molecular complexity index is 1280. The van der Waals surface area contributed by atoms with Gasteiger partial charge in [-0.25, -0.2) is 14.4 Å². The number of H-pyrrole nitrogens is 2. The van der Waals surface area contributed by atoms with Crippen molar-refractivity contribution in [1.82, 2.24) is 19.1 Å². The molecule has 2 aromatic rings. The van der Waals surface area contributed by atoms with E-state index in [-0.39, 0.29) is 13.2 Å². The second-order valence-electron chi connectivity index (χ2n) is 7.73. The lowest BCUT2D eigenvalue weighted by Gasteiger charge is -2.17. The second kappa shape index (κ2) is 9.49. The molecule has 0 aromatic carbocycles. The molecule has 0 amide bonds. The van der Waals surface area contributed by atoms with Crippen LogP contribution in [0.1, 0.15) is 23.6 Å². The first kappa shape index (κ1) is 23.2. The van der Waals surface area contributed by atoms with Gasteiger partial charge in [-0.2, -0.15) is 0 Å². The zero-order valence-corrected chi connectivity index (χ0v) is 18.3. The van der Waals surface area contributed by atoms with Crippen molar-refractivity contribution < 1.29 is 23.7 Å². The van der Waals surface area contributed by atoms with Crippen LogP contribution in [0.25, 0.3) is 0 Å². The highest BCUT2D eigenvalue weighted by Crippen LogP contribution is 2.21. The van der Waals surface area contributed by atoms with Gasteiger partial charge in [0.1, 0.15) is 25.4 Å². The Hall–Kier alpha value is -3.97. The summed E-state index contributed by atoms with van der Waals surface area (Å²) in [5, 5.41) is 0. The Kier molecular flexibility index (Phi) is 6.47. The predicted molar refractivity (Wildman–Crippen MR) is 116 cm³/mol. The number of nitrogens with one attached hydrogen (secondary N) is 2. The molecule has 2 aliphatic rings. The number of hydrogen-bond donors (Lipinski definition) is 2. The summed E-state index contributed by atoms with van der Waals surface area (Å²) >= 11 is 0. The summed E-state index contributed by atoms with van der Waals surface area (Å²) in [6.45, 7) is 2.82. The lowest BCUT2D eigenvalue weighted by Crippen LogP contribution is -2.34. The number of carbonyl (C=O) groups excluding carboxylic acids is 1. The van der Waals surface area contributed by atoms with Crippen LogP contribution in [0, 0.1) is 13.8 Å². The molecule has 4 heterocycles. The van der Waals surface area contributed by atoms with Gasteiger partial charge in [0.2, 0.25) is 0 Å². The van der Waals surface area contributed by atoms with E-state index in [1.54, 1.807) is 38.2 Å². The van der Waals surface area contributed by atoms with E-state index in [2.05, 4.69) is 9.97 Å². The molecule has 0 radical (unpaired) electrons. The maximum Gasteiger partial charge on any atom is 0.508 e. The standard InChI is InChI=1S/C21H22N4O9/c1-11-7-24(19(28)22-17(11)26)15-5-3-13(33-15)9-31-21(30)32-10-14-4-6-16(34-14)25-8-12(2)18(27)23-20(25)29/h3-8,13-16H,9-10H2,1-2H3,(H,22,26,28)(H,23,27,29)/t13-,14-,15+,16+/m0/s1. The van der Waals surface area contributed by atoms with Crippen molar-refractivity contribution in [2.75, 3.05) is 13.2 Å². The van der Waals surface area contributed by atoms with Gasteiger partial charge in [-0.1, -0.05) is 12.2 Å². The maximum absolute atomic E-state index is 12.0. The van der Waals surface area contributed by atoms with Crippen molar-refractivity contribution in [1.29, 1.82) is 0 Å². The molecule has 0 saturated heterocycles. The molecule has 0 saturated carbocycles. The Labute approximate surface area is 190 Å². The smallest absolute Gasteiger partial charge is 0.431 e. The molecule has 0 fully saturated rings. The normalized spacial score (nSPS) is 23.4. The van der Waals surface area contributed by atoms with Gasteiger partial charge in [-0.3, -0.25) is 28.7 Å². The monoisotopic (exact) mass is 474 g/mol. The van der Waals surface area contributed by atoms with Crippen LogP contribution in [0.2, 0.25) is 0 Å². The predicted octanol–water partition coefficient (Wildman–Crippen LogP) is -0.236. The van der Waals surface area contributed by atoms with Gasteiger partial charge in [-0.05, 0) is 26.0 Å². The lowest BCUT2D eigenvalue weighted by atomic mass is 10.3. The topological polar surface area (TPSA) is 164 Å². The summed E-state index contributed by atoms with van der Waals surface area (Å²) in [5.41, 5.74) is -1.48. The molecule has 0 bridgehead atoms. The molecule has 13 nitrogen and oxygen atoms in total. The van der Waals surface area contributed by atoms with E-state index in [4.69, 9.17) is 18.9 Å². The lowest BCUT2D eigenvalue weighted by molar-refractivity contribution is -0.0465. The highest BCUT2D eigenvalue weighted by molar-refractivity contribution is 5.59. The molecular formula is C21H22N4O9. The molecule has 0 unspecified atom stereocenters. The zero-order valence-electron chi connectivity index (χ0n) is 18.3. The summed E-state index contributed by atoms with van der Waals surface area (Å²) in [6, 6.07) is 0. The number of carbonyl (C=O) groups is 1. The van der Waals surface area contributed by atoms with Crippen LogP contribution in [0.5, 0.6) is 0 Å². The van der Waals surface area contributed by atoms with Crippen molar-refractivity contribution >= 4 is 6.16 Å². The highest BCUT2D eigenvalue weighted by Gasteiger charge is 2.25. The third-order valence-corrected chi connectivity index (χ3v) is 5.18. The Balaban J connectivity index is 1.22. The van der Waals surface area contributed by atoms with Crippen LogP contribution in [-0.2, 0) is 18.9 Å². The molecule has 2 aromatic heterocycles. The number of aromatic nitrogens is 4. The summed E-state index contributed by atoms with van der Waals surface area (Å²) in [5.74, 6) is 0. The van der Waals surface area contributed by atoms with Gasteiger partial charge >= 0.3 is 17.5 Å². The molecule has 34 heavy (non-hydrogen) atoms. The fourth-order valence-electron chi connectivity index (χ4n) is 3.38. The van der Waals surface area contributed by atoms with E-state index < -0.39 is 53.3 Å². The number of rotatable bonds is 6. The van der Waals surface area contributed by atoms with Crippen LogP contribution in [0.3, 0.4) is 0 Å². The van der Waals surface area contributed by atoms with Crippen molar-refractivity contribution in [2.24, 2.45) is 0 Å². The van der Waals surface area contributed by atoms with Gasteiger partial charge in [0.15, 0.2) is 12.5 Å². The van der Waals surface area contributed by atoms with Gasteiger partial charge in [-0.15, -0.1) is 0 Å². The Morgan fingerprint density at radius 2 is 1.21 bits per heavy atom. The van der Waals surface area contributed by atoms with Crippen LogP contribution in [-0.4, -0.2) is 50.7 Å². The average molecular weight is 474 g/mol. The molecule has 2 N–H and O–H groups in total. The molecular weight excluding hydrogens is 452 g/mol. The van der Waals surface area contributed by atoms with Crippen LogP contribution in [0.4, 0.5) is 4.79 Å². The zero-order chi connectivity index (χ0) is 24.4. The number of ether oxygens (including phenoxy) is 4. The second-order valence-corrected chi connectivity index (χ2v) is 7.73. The summed E-state index contributed by atoms with van der Waals surface area (Å²) in [4.78, 5) is 63.2. The Morgan fingerprint density at radius 3 is 1.62 bits per heavy atom. The van der Waals surface area contributed by atoms with Gasteiger partial charge in [0.05, 0.1) is 0 Å². The number of nitrogens with zero attached hydrogens (tertiary/aromatic N) is 2. The molecule has 2 aliphatic heterocycles. The number of aryl methyl sites for hydroxylation is 2. The van der Waals surface area contributed by atoms with E-state index in [0.29, 0.717) is 11.1 Å². The SMILES string of the molecule is Cc1cn([C@H]2C=C[C@@H](COC(=O)OC[C@@H]3C=C[C@H](n4cc(C)c(=O)[nH]c4=O)O3)O2)c(=O)[nH]c1=O. The van der Waals surface area contributed by atoms with Gasteiger partial charge in [0.25, 0.3) is 11.1 Å². The van der Waals surface area contributed by atoms with Crippen molar-refractivity contribution in [3.05, 3.63) is 89.5 Å². The van der Waals surface area contributed by atoms with E-state index in [1.165, 1.54) is 21.5 Å². The molecule has 0 aliphatic carbocycles. The largest absolute Gasteiger partial charge is 0.508 e. The molecule has 0 spiro atoms. The third-order valence-electron chi connectivity index (χ3n) is 5.18. The van der Waals surface area contributed by atoms with E-state index in [1.807, 2.05) is 0 Å². The van der Waals surface area contributed by atoms with E-state index in [0.717, 1.165) is 0 Å². The first-order chi connectivity index (χ1) is 16.2. The Morgan fingerprint density at radius 1 is 0.794 bits per heavy atom. The summed E-state index contributed by atoms with van der Waals surface area (Å²) in [6.07, 6.45) is 5.57. The van der Waals surface area contributed by atoms with Crippen LogP contribution < -0.4 is 22.5 Å². The fourth-order valence-corrected chi connectivity index (χ4v) is 3.38. The van der Waals surface area contributed by atoms with E-state index in [9.17, 15) is 24.0 Å². The first-order valence-corrected chi connectivity index (χ1v) is 10.3. The number of hydrogen-bond acceptors (Lipinski definition) is 9. The van der Waals surface area contributed by atoms with Crippen molar-refractivity contribution in [3.8, 4) is 0 Å². The quantitative estimate of drug-likeness (QED) is 0.425. The van der Waals surface area contributed by atoms with E-state index >= 15 is 0 Å². The highest BCUT2D eigenvalue weighted by atomic mass is 16.7. The van der Waals surface area contributed by atoms with Gasteiger partial charge < -0.3 is 18.9 Å². The van der Waals surface area contributed by atoms with Gasteiger partial charge in [0, 0.05) is 23.5 Å². The average Bonchev–Trinajstić information content (AvgIpc) is 3.45. The minimum Gasteiger partial charge on any atom is -0.431 e.